The van der Waals surface area contributed by atoms with Crippen LogP contribution in [0.3, 0.4) is 0 Å². The molecule has 1 aliphatic heterocycles. The molecule has 0 aromatic carbocycles. The van der Waals surface area contributed by atoms with Crippen molar-refractivity contribution in [3.63, 3.8) is 0 Å². The van der Waals surface area contributed by atoms with Crippen LogP contribution in [0.1, 0.15) is 24.4 Å². The number of aromatic nitrogens is 5. The summed E-state index contributed by atoms with van der Waals surface area (Å²) in [5.74, 6) is 0.454. The molecule has 0 unspecified atom stereocenters. The molecule has 1 fully saturated rings. The lowest BCUT2D eigenvalue weighted by Crippen LogP contribution is -2.30. The summed E-state index contributed by atoms with van der Waals surface area (Å²) in [4.78, 5) is 26.2. The fourth-order valence-electron chi connectivity index (χ4n) is 3.36. The Morgan fingerprint density at radius 1 is 1.26 bits per heavy atom. The summed E-state index contributed by atoms with van der Waals surface area (Å²) in [5, 5.41) is 4.19. The number of anilines is 2. The lowest BCUT2D eigenvalue weighted by Gasteiger charge is -2.22. The summed E-state index contributed by atoms with van der Waals surface area (Å²) in [6, 6.07) is 2.12. The molecule has 27 heavy (non-hydrogen) atoms. The van der Waals surface area contributed by atoms with Gasteiger partial charge in [-0.05, 0) is 37.7 Å². The van der Waals surface area contributed by atoms with Gasteiger partial charge in [0, 0.05) is 26.3 Å². The maximum Gasteiger partial charge on any atom is 0.330 e. The molecule has 4 heterocycles. The normalized spacial score (nSPS) is 15.4. The largest absolute Gasteiger partial charge is 0.381 e. The van der Waals surface area contributed by atoms with Crippen LogP contribution in [0.5, 0.6) is 0 Å². The monoisotopic (exact) mass is 386 g/mol. The Bertz CT molecular complexity index is 1040. The van der Waals surface area contributed by atoms with Crippen LogP contribution in [0.2, 0.25) is 0 Å². The number of rotatable bonds is 4. The van der Waals surface area contributed by atoms with Crippen molar-refractivity contribution in [3.8, 4) is 0 Å². The Hall–Kier alpha value is -2.39. The van der Waals surface area contributed by atoms with E-state index in [2.05, 4.69) is 20.3 Å². The minimum atomic E-state index is -0.0643. The van der Waals surface area contributed by atoms with Gasteiger partial charge in [0.2, 0.25) is 5.95 Å². The topological polar surface area (TPSA) is 86.9 Å². The first-order chi connectivity index (χ1) is 13.1. The average molecular weight is 386 g/mol. The van der Waals surface area contributed by atoms with Crippen LogP contribution in [0.25, 0.3) is 11.2 Å². The molecule has 0 saturated carbocycles. The number of pyridine rings is 1. The molecule has 3 aromatic rings. The van der Waals surface area contributed by atoms with Gasteiger partial charge in [-0.25, -0.2) is 14.8 Å². The van der Waals surface area contributed by atoms with Gasteiger partial charge in [-0.15, -0.1) is 11.8 Å². The second-order valence-corrected chi connectivity index (χ2v) is 7.45. The van der Waals surface area contributed by atoms with Crippen molar-refractivity contribution in [2.45, 2.75) is 30.8 Å². The number of aryl methyl sites for hydroxylation is 2. The molecule has 4 rings (SSSR count). The number of nitrogens with zero attached hydrogens (tertiary/aromatic N) is 5. The summed E-state index contributed by atoms with van der Waals surface area (Å²) in [6.45, 7) is 3.34. The highest BCUT2D eigenvalue weighted by Crippen LogP contribution is 2.25. The minimum Gasteiger partial charge on any atom is -0.381 e. The van der Waals surface area contributed by atoms with E-state index >= 15 is 0 Å². The second kappa shape index (κ2) is 7.32. The second-order valence-electron chi connectivity index (χ2n) is 6.62. The highest BCUT2D eigenvalue weighted by atomic mass is 32.2. The van der Waals surface area contributed by atoms with Crippen molar-refractivity contribution < 1.29 is 4.74 Å². The van der Waals surface area contributed by atoms with Crippen LogP contribution < -0.4 is 11.0 Å². The van der Waals surface area contributed by atoms with Crippen molar-refractivity contribution in [1.29, 1.82) is 0 Å². The molecule has 0 bridgehead atoms. The maximum absolute atomic E-state index is 12.8. The molecule has 1 aliphatic rings. The van der Waals surface area contributed by atoms with Crippen LogP contribution in [0.15, 0.2) is 28.3 Å². The van der Waals surface area contributed by atoms with E-state index in [4.69, 9.17) is 4.74 Å². The van der Waals surface area contributed by atoms with E-state index in [1.54, 1.807) is 40.3 Å². The average Bonchev–Trinajstić information content (AvgIpc) is 2.94. The minimum absolute atomic E-state index is 0.0643. The van der Waals surface area contributed by atoms with Gasteiger partial charge in [-0.1, -0.05) is 0 Å². The predicted octanol–water partition coefficient (Wildman–Crippen LogP) is 2.65. The van der Waals surface area contributed by atoms with E-state index in [1.165, 1.54) is 0 Å². The fraction of sp³-hybridized carbons (Fsp3) is 0.444. The van der Waals surface area contributed by atoms with Crippen molar-refractivity contribution in [1.82, 2.24) is 24.1 Å². The highest BCUT2D eigenvalue weighted by molar-refractivity contribution is 7.98. The Morgan fingerprint density at radius 2 is 2.04 bits per heavy atom. The summed E-state index contributed by atoms with van der Waals surface area (Å²) >= 11 is 1.60. The summed E-state index contributed by atoms with van der Waals surface area (Å²) in [7, 11) is 1.76. The third-order valence-electron chi connectivity index (χ3n) is 4.93. The Kier molecular flexibility index (Phi) is 4.88. The first-order valence-corrected chi connectivity index (χ1v) is 10.1. The van der Waals surface area contributed by atoms with Crippen LogP contribution in [0.4, 0.5) is 11.6 Å². The van der Waals surface area contributed by atoms with Gasteiger partial charge in [0.15, 0.2) is 5.65 Å². The van der Waals surface area contributed by atoms with Crippen molar-refractivity contribution in [2.24, 2.45) is 7.05 Å². The van der Waals surface area contributed by atoms with Crippen molar-refractivity contribution in [2.75, 3.05) is 24.8 Å². The molecular weight excluding hydrogens is 364 g/mol. The van der Waals surface area contributed by atoms with E-state index in [0.29, 0.717) is 24.8 Å². The number of ether oxygens (including phenoxy) is 1. The van der Waals surface area contributed by atoms with Crippen molar-refractivity contribution >= 4 is 34.6 Å². The Morgan fingerprint density at radius 3 is 2.74 bits per heavy atom. The zero-order valence-electron chi connectivity index (χ0n) is 15.6. The number of nitrogens with one attached hydrogen (secondary N) is 1. The highest BCUT2D eigenvalue weighted by Gasteiger charge is 2.23. The van der Waals surface area contributed by atoms with Crippen LogP contribution in [-0.4, -0.2) is 43.6 Å². The molecule has 0 aliphatic carbocycles. The zero-order chi connectivity index (χ0) is 19.0. The van der Waals surface area contributed by atoms with E-state index in [-0.39, 0.29) is 11.7 Å². The van der Waals surface area contributed by atoms with Gasteiger partial charge in [0.05, 0.1) is 23.1 Å². The van der Waals surface area contributed by atoms with Crippen molar-refractivity contribution in [3.05, 3.63) is 34.5 Å². The molecule has 0 amide bonds. The van der Waals surface area contributed by atoms with Gasteiger partial charge < -0.3 is 10.1 Å². The van der Waals surface area contributed by atoms with Gasteiger partial charge in [-0.3, -0.25) is 9.13 Å². The predicted molar refractivity (Wildman–Crippen MR) is 106 cm³/mol. The quantitative estimate of drug-likeness (QED) is 0.690. The molecule has 0 atom stereocenters. The number of imidazole rings is 1. The van der Waals surface area contributed by atoms with E-state index < -0.39 is 0 Å². The Balaban J connectivity index is 1.74. The van der Waals surface area contributed by atoms with E-state index in [0.717, 1.165) is 34.6 Å². The van der Waals surface area contributed by atoms with E-state index in [1.807, 2.05) is 19.2 Å². The fourth-order valence-corrected chi connectivity index (χ4v) is 3.81. The van der Waals surface area contributed by atoms with Crippen LogP contribution in [0, 0.1) is 6.92 Å². The molecule has 142 valence electrons. The van der Waals surface area contributed by atoms with Gasteiger partial charge in [-0.2, -0.15) is 4.98 Å². The van der Waals surface area contributed by atoms with E-state index in [9.17, 15) is 4.79 Å². The first kappa shape index (κ1) is 18.0. The summed E-state index contributed by atoms with van der Waals surface area (Å²) in [6.07, 6.45) is 7.10. The zero-order valence-corrected chi connectivity index (χ0v) is 16.4. The number of hydrogen-bond acceptors (Lipinski definition) is 7. The molecule has 3 aromatic heterocycles. The van der Waals surface area contributed by atoms with Crippen LogP contribution in [-0.2, 0) is 11.8 Å². The molecular formula is C18H22N6O2S. The molecule has 1 N–H and O–H groups in total. The van der Waals surface area contributed by atoms with Gasteiger partial charge >= 0.3 is 5.69 Å². The van der Waals surface area contributed by atoms with Gasteiger partial charge in [0.1, 0.15) is 5.52 Å². The van der Waals surface area contributed by atoms with Crippen LogP contribution >= 0.6 is 11.8 Å². The van der Waals surface area contributed by atoms with Gasteiger partial charge in [0.25, 0.3) is 0 Å². The summed E-state index contributed by atoms with van der Waals surface area (Å²) < 4.78 is 8.83. The Labute approximate surface area is 161 Å². The standard InChI is InChI=1S/C18H22N6O2S/c1-11-8-15(27-3)19-9-13(11)21-17-20-10-14-16(22-17)24(18(25)23(14)2)12-4-6-26-7-5-12/h8-10,12H,4-7H2,1-3H3,(H,20,21,22). The number of fused-ring (bicyclic) bond motifs is 1. The maximum atomic E-state index is 12.8. The third-order valence-corrected chi connectivity index (χ3v) is 5.57. The molecule has 8 nitrogen and oxygen atoms in total. The molecule has 0 spiro atoms. The first-order valence-electron chi connectivity index (χ1n) is 8.88. The third kappa shape index (κ3) is 3.32. The SMILES string of the molecule is CSc1cc(C)c(Nc2ncc3c(n2)n(C2CCOCC2)c(=O)n3C)cn1. The molecule has 0 radical (unpaired) electrons. The molecule has 9 heteroatoms. The lowest BCUT2D eigenvalue weighted by atomic mass is 10.1. The smallest absolute Gasteiger partial charge is 0.330 e. The number of hydrogen-bond donors (Lipinski definition) is 1. The lowest BCUT2D eigenvalue weighted by molar-refractivity contribution is 0.0695. The summed E-state index contributed by atoms with van der Waals surface area (Å²) in [5.41, 5.74) is 3.23. The number of thioether (sulfide) groups is 1. The molecule has 1 saturated heterocycles.